The van der Waals surface area contributed by atoms with Crippen LogP contribution >= 0.6 is 11.6 Å². The van der Waals surface area contributed by atoms with Crippen LogP contribution in [-0.2, 0) is 4.79 Å². The summed E-state index contributed by atoms with van der Waals surface area (Å²) in [5.41, 5.74) is 2.29. The van der Waals surface area contributed by atoms with E-state index in [-0.39, 0.29) is 34.6 Å². The van der Waals surface area contributed by atoms with Crippen LogP contribution in [0, 0.1) is 0 Å². The number of carboxylic acids is 1. The lowest BCUT2D eigenvalue weighted by Gasteiger charge is -2.18. The highest BCUT2D eigenvalue weighted by atomic mass is 35.5. The van der Waals surface area contributed by atoms with Gasteiger partial charge in [0, 0.05) is 18.4 Å². The molecule has 0 aliphatic rings. The van der Waals surface area contributed by atoms with E-state index in [4.69, 9.17) is 16.3 Å². The van der Waals surface area contributed by atoms with Gasteiger partial charge >= 0.3 is 5.97 Å². The third-order valence-electron chi connectivity index (χ3n) is 4.59. The summed E-state index contributed by atoms with van der Waals surface area (Å²) >= 11 is 6.18. The standard InChI is InChI=1S/C23H20ClNO4/c1-29-21-14-20(19(24)12-18(21)23(27)28)25-22(26)13-17(15-8-4-2-5-9-15)16-10-6-3-7-11-16/h2-12,14,17H,13H2,1H3,(H,25,26)(H,27,28). The number of amides is 1. The molecule has 0 radical (unpaired) electrons. The first-order valence-electron chi connectivity index (χ1n) is 9.00. The minimum atomic E-state index is -1.16. The molecule has 3 rings (SSSR count). The molecule has 0 fully saturated rings. The Morgan fingerprint density at radius 3 is 2.03 bits per heavy atom. The van der Waals surface area contributed by atoms with E-state index < -0.39 is 5.97 Å². The van der Waals surface area contributed by atoms with E-state index in [1.54, 1.807) is 0 Å². The molecule has 0 saturated heterocycles. The Kier molecular flexibility index (Phi) is 6.52. The molecule has 0 saturated carbocycles. The second-order valence-electron chi connectivity index (χ2n) is 6.46. The first-order valence-corrected chi connectivity index (χ1v) is 9.38. The summed E-state index contributed by atoms with van der Waals surface area (Å²) in [6, 6.07) is 22.3. The lowest BCUT2D eigenvalue weighted by atomic mass is 9.88. The second kappa shape index (κ2) is 9.26. The normalized spacial score (nSPS) is 10.6. The smallest absolute Gasteiger partial charge is 0.339 e. The third-order valence-corrected chi connectivity index (χ3v) is 4.90. The topological polar surface area (TPSA) is 75.6 Å². The van der Waals surface area contributed by atoms with Gasteiger partial charge < -0.3 is 15.2 Å². The summed E-state index contributed by atoms with van der Waals surface area (Å²) in [4.78, 5) is 24.1. The summed E-state index contributed by atoms with van der Waals surface area (Å²) in [5, 5.41) is 12.1. The number of ether oxygens (including phenoxy) is 1. The number of halogens is 1. The lowest BCUT2D eigenvalue weighted by Crippen LogP contribution is -2.17. The number of hydrogen-bond acceptors (Lipinski definition) is 3. The van der Waals surface area contributed by atoms with Crippen molar-refractivity contribution in [1.29, 1.82) is 0 Å². The Balaban J connectivity index is 1.85. The quantitative estimate of drug-likeness (QED) is 0.561. The van der Waals surface area contributed by atoms with E-state index in [0.29, 0.717) is 5.69 Å². The zero-order valence-electron chi connectivity index (χ0n) is 15.8. The Bertz CT molecular complexity index is 967. The van der Waals surface area contributed by atoms with Crippen molar-refractivity contribution in [3.8, 4) is 5.75 Å². The highest BCUT2D eigenvalue weighted by Gasteiger charge is 2.20. The van der Waals surface area contributed by atoms with Gasteiger partial charge in [-0.05, 0) is 17.2 Å². The number of carbonyl (C=O) groups excluding carboxylic acids is 1. The molecule has 0 unspecified atom stereocenters. The molecule has 0 heterocycles. The maximum Gasteiger partial charge on any atom is 0.339 e. The summed E-state index contributed by atoms with van der Waals surface area (Å²) in [5.74, 6) is -1.40. The number of benzene rings is 3. The molecule has 0 atom stereocenters. The molecule has 0 bridgehead atoms. The molecule has 2 N–H and O–H groups in total. The van der Waals surface area contributed by atoms with E-state index >= 15 is 0 Å². The zero-order chi connectivity index (χ0) is 20.8. The van der Waals surface area contributed by atoms with Gasteiger partial charge in [0.15, 0.2) is 0 Å². The Morgan fingerprint density at radius 2 is 1.55 bits per heavy atom. The molecule has 29 heavy (non-hydrogen) atoms. The van der Waals surface area contributed by atoms with Gasteiger partial charge in [-0.15, -0.1) is 0 Å². The van der Waals surface area contributed by atoms with Crippen molar-refractivity contribution in [2.75, 3.05) is 12.4 Å². The minimum absolute atomic E-state index is 0.0676. The number of carboxylic acid groups (broad SMARTS) is 1. The lowest BCUT2D eigenvalue weighted by molar-refractivity contribution is -0.116. The molecule has 3 aromatic carbocycles. The van der Waals surface area contributed by atoms with Crippen LogP contribution in [0.2, 0.25) is 5.02 Å². The number of aromatic carboxylic acids is 1. The van der Waals surface area contributed by atoms with Crippen molar-refractivity contribution in [1.82, 2.24) is 0 Å². The van der Waals surface area contributed by atoms with Crippen molar-refractivity contribution in [2.24, 2.45) is 0 Å². The van der Waals surface area contributed by atoms with Crippen molar-refractivity contribution < 1.29 is 19.4 Å². The molecule has 6 heteroatoms. The van der Waals surface area contributed by atoms with E-state index in [0.717, 1.165) is 11.1 Å². The number of carbonyl (C=O) groups is 2. The molecular formula is C23H20ClNO4. The van der Waals surface area contributed by atoms with E-state index in [1.165, 1.54) is 19.2 Å². The second-order valence-corrected chi connectivity index (χ2v) is 6.87. The zero-order valence-corrected chi connectivity index (χ0v) is 16.5. The van der Waals surface area contributed by atoms with Gasteiger partial charge in [-0.2, -0.15) is 0 Å². The average molecular weight is 410 g/mol. The van der Waals surface area contributed by atoms with Gasteiger partial charge in [-0.3, -0.25) is 4.79 Å². The fourth-order valence-electron chi connectivity index (χ4n) is 3.17. The monoisotopic (exact) mass is 409 g/mol. The number of nitrogens with one attached hydrogen (secondary N) is 1. The van der Waals surface area contributed by atoms with E-state index in [1.807, 2.05) is 60.7 Å². The van der Waals surface area contributed by atoms with Crippen molar-refractivity contribution >= 4 is 29.2 Å². The summed E-state index contributed by atoms with van der Waals surface area (Å²) < 4.78 is 5.11. The van der Waals surface area contributed by atoms with Gasteiger partial charge in [-0.1, -0.05) is 72.3 Å². The summed E-state index contributed by atoms with van der Waals surface area (Å²) in [6.45, 7) is 0. The number of anilines is 1. The van der Waals surface area contributed by atoms with Crippen LogP contribution in [0.15, 0.2) is 72.8 Å². The van der Waals surface area contributed by atoms with Crippen molar-refractivity contribution in [3.63, 3.8) is 0 Å². The Hall–Kier alpha value is -3.31. The van der Waals surface area contributed by atoms with Gasteiger partial charge in [0.2, 0.25) is 5.91 Å². The first kappa shape index (κ1) is 20.4. The van der Waals surface area contributed by atoms with Crippen LogP contribution in [0.5, 0.6) is 5.75 Å². The number of hydrogen-bond donors (Lipinski definition) is 2. The van der Waals surface area contributed by atoms with Crippen LogP contribution in [0.25, 0.3) is 0 Å². The molecule has 3 aromatic rings. The molecule has 0 aliphatic heterocycles. The van der Waals surface area contributed by atoms with Gasteiger partial charge in [0.05, 0.1) is 17.8 Å². The Labute approximate surface area is 173 Å². The number of methoxy groups -OCH3 is 1. The highest BCUT2D eigenvalue weighted by Crippen LogP contribution is 2.33. The van der Waals surface area contributed by atoms with Crippen LogP contribution in [-0.4, -0.2) is 24.1 Å². The molecule has 0 spiro atoms. The fraction of sp³-hybridized carbons (Fsp3) is 0.130. The number of rotatable bonds is 7. The largest absolute Gasteiger partial charge is 0.496 e. The minimum Gasteiger partial charge on any atom is -0.496 e. The van der Waals surface area contributed by atoms with Crippen LogP contribution in [0.3, 0.4) is 0 Å². The third kappa shape index (κ3) is 4.95. The first-order chi connectivity index (χ1) is 14.0. The van der Waals surface area contributed by atoms with E-state index in [2.05, 4.69) is 5.32 Å². The van der Waals surface area contributed by atoms with E-state index in [9.17, 15) is 14.7 Å². The summed E-state index contributed by atoms with van der Waals surface area (Å²) in [7, 11) is 1.36. The molecule has 0 aliphatic carbocycles. The maximum absolute atomic E-state index is 12.8. The predicted molar refractivity (Wildman–Crippen MR) is 113 cm³/mol. The fourth-order valence-corrected chi connectivity index (χ4v) is 3.38. The van der Waals surface area contributed by atoms with Gasteiger partial charge in [-0.25, -0.2) is 4.79 Å². The van der Waals surface area contributed by atoms with Crippen molar-refractivity contribution in [3.05, 3.63) is 94.5 Å². The molecule has 5 nitrogen and oxygen atoms in total. The van der Waals surface area contributed by atoms with Crippen LogP contribution < -0.4 is 10.1 Å². The maximum atomic E-state index is 12.8. The predicted octanol–water partition coefficient (Wildman–Crippen LogP) is 5.21. The van der Waals surface area contributed by atoms with Crippen molar-refractivity contribution in [2.45, 2.75) is 12.3 Å². The Morgan fingerprint density at radius 1 is 1.00 bits per heavy atom. The van der Waals surface area contributed by atoms with Gasteiger partial charge in [0.1, 0.15) is 11.3 Å². The molecule has 1 amide bonds. The van der Waals surface area contributed by atoms with Crippen LogP contribution in [0.1, 0.15) is 33.8 Å². The SMILES string of the molecule is COc1cc(NC(=O)CC(c2ccccc2)c2ccccc2)c(Cl)cc1C(=O)O. The molecule has 148 valence electrons. The van der Waals surface area contributed by atoms with Crippen LogP contribution in [0.4, 0.5) is 5.69 Å². The summed E-state index contributed by atoms with van der Waals surface area (Å²) in [6.07, 6.45) is 0.202. The van der Waals surface area contributed by atoms with Gasteiger partial charge in [0.25, 0.3) is 0 Å². The highest BCUT2D eigenvalue weighted by molar-refractivity contribution is 6.34. The average Bonchev–Trinajstić information content (AvgIpc) is 2.74. The molecule has 0 aromatic heterocycles. The molecular weight excluding hydrogens is 390 g/mol.